The van der Waals surface area contributed by atoms with Crippen LogP contribution in [0.3, 0.4) is 0 Å². The van der Waals surface area contributed by atoms with Gasteiger partial charge in [0, 0.05) is 6.07 Å². The van der Waals surface area contributed by atoms with Crippen LogP contribution in [0.5, 0.6) is 0 Å². The maximum Gasteiger partial charge on any atom is 0.220 e. The lowest BCUT2D eigenvalue weighted by Crippen LogP contribution is -2.54. The smallest absolute Gasteiger partial charge is 0.194 e. The zero-order valence-electron chi connectivity index (χ0n) is 32.6. The monoisotopic (exact) mass is 712 g/mol. The Bertz CT molecular complexity index is 2690. The van der Waals surface area contributed by atoms with Gasteiger partial charge >= 0.3 is 0 Å². The largest absolute Gasteiger partial charge is 0.220 e. The van der Waals surface area contributed by atoms with Crippen LogP contribution >= 0.6 is 0 Å². The number of hydrogen-bond donors (Lipinski definition) is 0. The Balaban J connectivity index is 1.21. The lowest BCUT2D eigenvalue weighted by molar-refractivity contribution is -0.720. The molecule has 1 unspecified atom stereocenters. The van der Waals surface area contributed by atoms with Crippen molar-refractivity contribution in [1.29, 1.82) is 0 Å². The predicted octanol–water partition coefficient (Wildman–Crippen LogP) is 14.6. The number of aromatic nitrogens is 1. The highest BCUT2D eigenvalue weighted by atomic mass is 15.0. The molecule has 0 bridgehead atoms. The number of nitrogens with zero attached hydrogens (tertiary/aromatic N) is 1. The van der Waals surface area contributed by atoms with E-state index in [1.54, 1.807) is 0 Å². The number of aryl methyl sites for hydroxylation is 1. The fraction of sp³-hybridized carbons (Fsp3) is 0.204. The summed E-state index contributed by atoms with van der Waals surface area (Å²) in [4.78, 5) is 0. The first-order valence-corrected chi connectivity index (χ1v) is 20.4. The fourth-order valence-electron chi connectivity index (χ4n) is 9.67. The van der Waals surface area contributed by atoms with E-state index < -0.39 is 0 Å². The summed E-state index contributed by atoms with van der Waals surface area (Å²) in [7, 11) is 0. The second kappa shape index (κ2) is 14.5. The number of benzene rings is 7. The first-order chi connectivity index (χ1) is 27.0. The molecular weight excluding hydrogens is 663 g/mol. The van der Waals surface area contributed by atoms with Gasteiger partial charge in [0.05, 0.1) is 16.4 Å². The molecule has 2 heterocycles. The van der Waals surface area contributed by atoms with Gasteiger partial charge in [0.2, 0.25) is 5.69 Å². The van der Waals surface area contributed by atoms with Gasteiger partial charge in [0.25, 0.3) is 0 Å². The van der Waals surface area contributed by atoms with E-state index >= 15 is 0 Å². The second-order valence-electron chi connectivity index (χ2n) is 15.7. The number of pyridine rings is 1. The third kappa shape index (κ3) is 6.07. The van der Waals surface area contributed by atoms with Crippen molar-refractivity contribution in [1.82, 2.24) is 0 Å². The molecule has 0 saturated heterocycles. The zero-order valence-corrected chi connectivity index (χ0v) is 32.6. The fourth-order valence-corrected chi connectivity index (χ4v) is 9.67. The number of fused-ring (bicyclic) bond motifs is 6. The van der Waals surface area contributed by atoms with Crippen molar-refractivity contribution in [2.45, 2.75) is 71.3 Å². The normalized spacial score (nSPS) is 14.5. The molecule has 0 saturated carbocycles. The second-order valence-corrected chi connectivity index (χ2v) is 15.7. The van der Waals surface area contributed by atoms with Crippen molar-refractivity contribution < 1.29 is 4.57 Å². The van der Waals surface area contributed by atoms with Crippen LogP contribution < -0.4 is 4.57 Å². The summed E-state index contributed by atoms with van der Waals surface area (Å²) < 4.78 is 2.56. The number of unbranched alkanes of at least 4 members (excludes halogenated alkanes) is 1. The van der Waals surface area contributed by atoms with E-state index in [1.165, 1.54) is 101 Å². The number of hydrogen-bond acceptors (Lipinski definition) is 0. The Kier molecular flexibility index (Phi) is 9.19. The van der Waals surface area contributed by atoms with Crippen LogP contribution in [0.25, 0.3) is 77.3 Å². The van der Waals surface area contributed by atoms with Gasteiger partial charge in [-0.1, -0.05) is 142 Å². The highest BCUT2D eigenvalue weighted by molar-refractivity contribution is 5.99. The summed E-state index contributed by atoms with van der Waals surface area (Å²) in [6.45, 7) is 9.44. The van der Waals surface area contributed by atoms with Gasteiger partial charge in [-0.3, -0.25) is 0 Å². The molecule has 0 fully saturated rings. The Labute approximate surface area is 327 Å². The van der Waals surface area contributed by atoms with Crippen molar-refractivity contribution in [3.05, 3.63) is 175 Å². The van der Waals surface area contributed by atoms with Crippen LogP contribution in [-0.4, -0.2) is 0 Å². The summed E-state index contributed by atoms with van der Waals surface area (Å²) in [6.07, 6.45) is 8.05. The summed E-state index contributed by atoms with van der Waals surface area (Å²) >= 11 is 0. The van der Waals surface area contributed by atoms with Crippen LogP contribution in [0, 0.1) is 0 Å². The molecule has 1 heteroatoms. The summed E-state index contributed by atoms with van der Waals surface area (Å²) in [5.41, 5.74) is 15.7. The molecule has 1 nitrogen and oxygen atoms in total. The van der Waals surface area contributed by atoms with Crippen molar-refractivity contribution in [2.24, 2.45) is 0 Å². The van der Waals surface area contributed by atoms with Gasteiger partial charge in [0.1, 0.15) is 0 Å². The summed E-state index contributed by atoms with van der Waals surface area (Å²) in [5, 5.41) is 5.15. The minimum Gasteiger partial charge on any atom is -0.194 e. The van der Waals surface area contributed by atoms with Crippen molar-refractivity contribution in [2.75, 3.05) is 0 Å². The van der Waals surface area contributed by atoms with Crippen molar-refractivity contribution in [3.63, 3.8) is 0 Å². The summed E-state index contributed by atoms with van der Waals surface area (Å²) in [5.74, 6) is 0. The topological polar surface area (TPSA) is 3.88 Å². The van der Waals surface area contributed by atoms with Gasteiger partial charge in [-0.25, -0.2) is 0 Å². The van der Waals surface area contributed by atoms with Gasteiger partial charge < -0.3 is 0 Å². The molecule has 8 aromatic rings. The van der Waals surface area contributed by atoms with E-state index in [0.717, 1.165) is 19.3 Å². The molecule has 1 aromatic heterocycles. The molecule has 0 spiro atoms. The van der Waals surface area contributed by atoms with Gasteiger partial charge in [-0.05, 0) is 141 Å². The van der Waals surface area contributed by atoms with Crippen LogP contribution in [-0.2, 0) is 11.8 Å². The molecule has 1 aliphatic rings. The molecule has 7 aromatic carbocycles. The molecule has 1 atom stereocenters. The van der Waals surface area contributed by atoms with E-state index in [2.05, 4.69) is 196 Å². The lowest BCUT2D eigenvalue weighted by atomic mass is 9.66. The molecule has 1 aliphatic heterocycles. The van der Waals surface area contributed by atoms with Crippen molar-refractivity contribution in [3.8, 4) is 55.8 Å². The van der Waals surface area contributed by atoms with E-state index in [-0.39, 0.29) is 5.41 Å². The molecule has 0 aliphatic carbocycles. The van der Waals surface area contributed by atoms with E-state index in [4.69, 9.17) is 0 Å². The van der Waals surface area contributed by atoms with Crippen LogP contribution in [0.4, 0.5) is 0 Å². The highest BCUT2D eigenvalue weighted by Crippen LogP contribution is 2.49. The maximum atomic E-state index is 2.56. The molecule has 55 heavy (non-hydrogen) atoms. The van der Waals surface area contributed by atoms with E-state index in [9.17, 15) is 0 Å². The molecular formula is C54H50N+. The van der Waals surface area contributed by atoms with Gasteiger partial charge in [-0.15, -0.1) is 0 Å². The Morgan fingerprint density at radius 1 is 0.491 bits per heavy atom. The minimum absolute atomic E-state index is 0.0716. The molecule has 0 N–H and O–H groups in total. The van der Waals surface area contributed by atoms with E-state index in [1.807, 2.05) is 0 Å². The Morgan fingerprint density at radius 3 is 1.82 bits per heavy atom. The SMILES string of the molecule is CCCCc1cccc(-c2cc(-c3cccc(-c4ccc5c(c4)-c4c6ccccc6cc[n+]4C(C)C5(CC)CC)c3)cc(-c3cccc4ccccc34)c2)c1. The molecule has 270 valence electrons. The summed E-state index contributed by atoms with van der Waals surface area (Å²) in [6, 6.07) is 59.9. The van der Waals surface area contributed by atoms with Gasteiger partial charge in [-0.2, -0.15) is 4.57 Å². The van der Waals surface area contributed by atoms with Crippen LogP contribution in [0.15, 0.2) is 164 Å². The Morgan fingerprint density at radius 2 is 1.07 bits per heavy atom. The Hall–Kier alpha value is -5.79. The first kappa shape index (κ1) is 34.9. The zero-order chi connectivity index (χ0) is 37.5. The number of rotatable bonds is 9. The molecule has 0 radical (unpaired) electrons. The van der Waals surface area contributed by atoms with E-state index in [0.29, 0.717) is 6.04 Å². The van der Waals surface area contributed by atoms with Crippen LogP contribution in [0.2, 0.25) is 0 Å². The maximum absolute atomic E-state index is 2.56. The molecule has 9 rings (SSSR count). The van der Waals surface area contributed by atoms with Crippen molar-refractivity contribution >= 4 is 21.5 Å². The minimum atomic E-state index is 0.0716. The highest BCUT2D eigenvalue weighted by Gasteiger charge is 2.48. The van der Waals surface area contributed by atoms with Gasteiger partial charge in [0.15, 0.2) is 12.2 Å². The average Bonchev–Trinajstić information content (AvgIpc) is 3.25. The third-order valence-corrected chi connectivity index (χ3v) is 12.8. The quantitative estimate of drug-likeness (QED) is 0.131. The van der Waals surface area contributed by atoms with Crippen LogP contribution in [0.1, 0.15) is 70.5 Å². The first-order valence-electron chi connectivity index (χ1n) is 20.4. The molecule has 0 amide bonds. The third-order valence-electron chi connectivity index (χ3n) is 12.8. The standard InChI is InChI=1S/C54H50N/c1-5-8-16-38-17-13-21-41(31-38)45-33-46(35-47(34-45)49-26-15-20-39-18-9-11-24-48(39)49)43-23-14-22-42(32-43)44-27-28-52-51(36-44)53-50-25-12-10-19-40(50)29-30-55(53)37(4)54(52,6-2)7-3/h9-15,17-37H,5-8,16H2,1-4H3/q+1. The predicted molar refractivity (Wildman–Crippen MR) is 234 cm³/mol. The average molecular weight is 713 g/mol. The lowest BCUT2D eigenvalue weighted by Gasteiger charge is -2.40.